The molecule has 4 N–H and O–H groups in total. The lowest BCUT2D eigenvalue weighted by Crippen LogP contribution is -2.38. The van der Waals surface area contributed by atoms with Gasteiger partial charge in [0.15, 0.2) is 46.6 Å². The summed E-state index contributed by atoms with van der Waals surface area (Å²) in [6.07, 6.45) is -6.00. The van der Waals surface area contributed by atoms with E-state index < -0.39 is 95.4 Å². The third-order valence-corrected chi connectivity index (χ3v) is 15.3. The number of benzene rings is 4. The number of hydrogen-bond donors (Lipinski definition) is 4. The number of fused-ring (bicyclic) bond motifs is 2. The van der Waals surface area contributed by atoms with Gasteiger partial charge in [0.2, 0.25) is 11.9 Å². The Kier molecular flexibility index (Phi) is 18.2. The lowest BCUT2D eigenvalue weighted by atomic mass is 9.80. The van der Waals surface area contributed by atoms with E-state index in [2.05, 4.69) is 40.5 Å². The maximum absolute atomic E-state index is 16.8. The average molecular weight is 1180 g/mol. The molecule has 9 atom stereocenters. The molecule has 4 aromatic carbocycles. The second kappa shape index (κ2) is 26.0. The van der Waals surface area contributed by atoms with E-state index in [9.17, 15) is 29.1 Å². The summed E-state index contributed by atoms with van der Waals surface area (Å²) >= 11 is 0. The maximum Gasteiger partial charge on any atom is 0.695 e. The van der Waals surface area contributed by atoms with Crippen LogP contribution in [0.25, 0.3) is 22.3 Å². The largest absolute Gasteiger partial charge is 0.695 e. The molecule has 10 rings (SSSR count). The number of anilines is 2. The van der Waals surface area contributed by atoms with Crippen molar-refractivity contribution < 1.29 is 65.2 Å². The number of carbonyl (C=O) groups excluding carboxylic acids is 2. The molecular weight excluding hydrogens is 1120 g/mol. The van der Waals surface area contributed by atoms with E-state index in [-0.39, 0.29) is 54.5 Å². The van der Waals surface area contributed by atoms with E-state index in [1.807, 2.05) is 84.9 Å². The number of halogens is 1. The second-order valence-electron chi connectivity index (χ2n) is 19.2. The third-order valence-electron chi connectivity index (χ3n) is 13.7. The zero-order valence-electron chi connectivity index (χ0n) is 44.9. The molecule has 0 bridgehead atoms. The summed E-state index contributed by atoms with van der Waals surface area (Å²) in [6, 6.07) is 35.2. The number of aromatic nitrogens is 8. The standard InChI is InChI=1S/C55H54FN11O14P2/c1-32(2)50(68)64-54-63-49-45(52(70)65-54)61-31-67(49)53-46(81-82(71)72)43(56)41(79-53)28-77-83(76-25-11-24-57)80-39-26-42(66-30-60-44-47(58-29-59-48(44)66)62-51(69)33-12-7-5-8-13-33)78-40(39)27-75-55(34-14-9-6-10-15-34,35-16-20-37(73-3)21-17-35)36-18-22-38(74-4)23-19-36/h5-10,12-23,29-32,39-43,46,53H,11,25-28H2,1-4H3,(H3-,58,59,62,63,64,65,68,69,70,71,72)/p+1/t39-,40+,41+,42+,43+,46+,53+,83?/m0/s1. The number of alkyl halides is 1. The highest BCUT2D eigenvalue weighted by Gasteiger charge is 2.53. The Labute approximate surface area is 474 Å². The molecule has 430 valence electrons. The molecule has 28 heteroatoms. The minimum Gasteiger partial charge on any atom is -0.497 e. The van der Waals surface area contributed by atoms with Crippen molar-refractivity contribution in [1.82, 2.24) is 39.0 Å². The Bertz CT molecular complexity index is 3620. The first kappa shape index (κ1) is 58.2. The third kappa shape index (κ3) is 12.7. The summed E-state index contributed by atoms with van der Waals surface area (Å²) < 4.78 is 87.7. The molecule has 0 spiro atoms. The minimum absolute atomic E-state index is 0.0645. The van der Waals surface area contributed by atoms with Crippen molar-refractivity contribution >= 4 is 62.8 Å². The molecule has 8 aromatic rings. The Balaban J connectivity index is 0.980. The summed E-state index contributed by atoms with van der Waals surface area (Å²) in [4.78, 5) is 73.3. The molecule has 0 aliphatic carbocycles. The molecule has 2 saturated heterocycles. The SMILES string of the molecule is COc1ccc(C(OC[C@H]2O[C@@H](n3cnc4c(NC(=O)c5ccccc5)ncnc43)C[C@@H]2OP(OCCC#N)OC[C@H]2O[C@@H](n3cnc4c(=O)[nH]c(NC(=O)C(C)C)nc43)[C@H](O[P+](=O)O)[C@@H]2F)(c2ccccc2)c2ccc(OC)cc2)cc1. The quantitative estimate of drug-likeness (QED) is 0.0253. The monoisotopic (exact) mass is 1170 g/mol. The molecular formula is C55H55FN11O14P2+. The van der Waals surface area contributed by atoms with E-state index >= 15 is 4.39 Å². The van der Waals surface area contributed by atoms with Gasteiger partial charge in [0.1, 0.15) is 41.9 Å². The number of imidazole rings is 2. The number of nitrogens with zero attached hydrogens (tertiary/aromatic N) is 8. The number of nitrogens with one attached hydrogen (secondary N) is 3. The first-order chi connectivity index (χ1) is 40.3. The van der Waals surface area contributed by atoms with Gasteiger partial charge >= 0.3 is 16.9 Å². The number of nitriles is 1. The van der Waals surface area contributed by atoms with Gasteiger partial charge < -0.3 is 42.6 Å². The predicted octanol–water partition coefficient (Wildman–Crippen LogP) is 7.95. The van der Waals surface area contributed by atoms with Crippen molar-refractivity contribution in [2.75, 3.05) is 44.7 Å². The topological polar surface area (TPSA) is 310 Å². The van der Waals surface area contributed by atoms with E-state index in [0.717, 1.165) is 27.6 Å². The zero-order valence-corrected chi connectivity index (χ0v) is 46.7. The van der Waals surface area contributed by atoms with Gasteiger partial charge in [0.25, 0.3) is 11.5 Å². The number of methoxy groups -OCH3 is 2. The minimum atomic E-state index is -3.43. The predicted molar refractivity (Wildman–Crippen MR) is 296 cm³/mol. The second-order valence-corrected chi connectivity index (χ2v) is 21.0. The number of rotatable bonds is 24. The molecule has 2 fully saturated rings. The van der Waals surface area contributed by atoms with Crippen LogP contribution in [0, 0.1) is 17.2 Å². The van der Waals surface area contributed by atoms with Gasteiger partial charge in [0.05, 0.1) is 65.3 Å². The van der Waals surface area contributed by atoms with Crippen molar-refractivity contribution in [2.24, 2.45) is 5.92 Å². The Hall–Kier alpha value is -8.05. The molecule has 0 radical (unpaired) electrons. The van der Waals surface area contributed by atoms with Crippen LogP contribution in [0.15, 0.2) is 133 Å². The molecule has 25 nitrogen and oxygen atoms in total. The molecule has 2 aliphatic rings. The Morgan fingerprint density at radius 2 is 1.49 bits per heavy atom. The zero-order chi connectivity index (χ0) is 58.2. The van der Waals surface area contributed by atoms with Crippen LogP contribution in [0.2, 0.25) is 0 Å². The van der Waals surface area contributed by atoms with E-state index in [0.29, 0.717) is 22.7 Å². The number of carbonyl (C=O) groups is 2. The maximum atomic E-state index is 16.8. The van der Waals surface area contributed by atoms with E-state index in [1.54, 1.807) is 63.0 Å². The molecule has 2 aliphatic heterocycles. The van der Waals surface area contributed by atoms with Crippen LogP contribution in [0.3, 0.4) is 0 Å². The molecule has 2 unspecified atom stereocenters. The van der Waals surface area contributed by atoms with E-state index in [1.165, 1.54) is 12.7 Å². The van der Waals surface area contributed by atoms with Crippen LogP contribution in [0.4, 0.5) is 16.2 Å². The van der Waals surface area contributed by atoms with E-state index in [4.69, 9.17) is 41.8 Å². The van der Waals surface area contributed by atoms with Crippen LogP contribution in [0.5, 0.6) is 11.5 Å². The van der Waals surface area contributed by atoms with Crippen molar-refractivity contribution in [3.63, 3.8) is 0 Å². The fourth-order valence-electron chi connectivity index (χ4n) is 9.55. The Morgan fingerprint density at radius 3 is 2.14 bits per heavy atom. The molecule has 2 amide bonds. The van der Waals surface area contributed by atoms with Gasteiger partial charge in [-0.05, 0) is 53.1 Å². The lowest BCUT2D eigenvalue weighted by molar-refractivity contribution is -0.118. The normalized spacial score (nSPS) is 20.3. The van der Waals surface area contributed by atoms with Crippen LogP contribution in [-0.4, -0.2) is 120 Å². The van der Waals surface area contributed by atoms with Crippen LogP contribution < -0.4 is 25.7 Å². The summed E-state index contributed by atoms with van der Waals surface area (Å²) in [5.41, 5.74) is 0.722. The Morgan fingerprint density at radius 1 is 0.843 bits per heavy atom. The number of aromatic amines is 1. The number of amides is 2. The van der Waals surface area contributed by atoms with Gasteiger partial charge in [-0.2, -0.15) is 10.2 Å². The summed E-state index contributed by atoms with van der Waals surface area (Å²) in [5.74, 6) is -0.226. The van der Waals surface area contributed by atoms with Crippen molar-refractivity contribution in [3.05, 3.63) is 161 Å². The molecule has 83 heavy (non-hydrogen) atoms. The fraction of sp³-hybridized carbons (Fsp3) is 0.327. The van der Waals surface area contributed by atoms with Gasteiger partial charge in [0, 0.05) is 22.5 Å². The van der Waals surface area contributed by atoms with Crippen LogP contribution in [-0.2, 0) is 47.3 Å². The fourth-order valence-corrected chi connectivity index (χ4v) is 11.1. The van der Waals surface area contributed by atoms with Crippen molar-refractivity contribution in [2.45, 2.75) is 75.3 Å². The van der Waals surface area contributed by atoms with Crippen molar-refractivity contribution in [3.8, 4) is 17.6 Å². The number of ether oxygens (including phenoxy) is 5. The van der Waals surface area contributed by atoms with Gasteiger partial charge in [-0.25, -0.2) is 24.3 Å². The highest BCUT2D eigenvalue weighted by Crippen LogP contribution is 2.49. The summed E-state index contributed by atoms with van der Waals surface area (Å²) in [7, 11) is -2.82. The highest BCUT2D eigenvalue weighted by molar-refractivity contribution is 7.41. The van der Waals surface area contributed by atoms with Crippen LogP contribution in [0.1, 0.15) is 66.2 Å². The number of hydrogen-bond acceptors (Lipinski definition) is 19. The smallest absolute Gasteiger partial charge is 0.497 e. The number of H-pyrrole nitrogens is 1. The van der Waals surface area contributed by atoms with Gasteiger partial charge in [-0.1, -0.05) is 86.6 Å². The molecule has 6 heterocycles. The average Bonchev–Trinajstić information content (AvgIpc) is 3.88. The van der Waals surface area contributed by atoms with Gasteiger partial charge in [-0.3, -0.25) is 33.8 Å². The first-order valence-electron chi connectivity index (χ1n) is 26.0. The molecule has 0 saturated carbocycles. The van der Waals surface area contributed by atoms with Crippen LogP contribution >= 0.6 is 16.9 Å². The van der Waals surface area contributed by atoms with Crippen molar-refractivity contribution in [1.29, 1.82) is 5.26 Å². The first-order valence-corrected chi connectivity index (χ1v) is 28.2. The summed E-state index contributed by atoms with van der Waals surface area (Å²) in [5, 5.41) is 14.9. The summed E-state index contributed by atoms with van der Waals surface area (Å²) in [6.45, 7) is 2.30. The molecule has 4 aromatic heterocycles. The highest BCUT2D eigenvalue weighted by atomic mass is 31.2. The van der Waals surface area contributed by atoms with Gasteiger partial charge in [-0.15, -0.1) is 9.42 Å². The lowest BCUT2D eigenvalue weighted by Gasteiger charge is -2.37.